The van der Waals surface area contributed by atoms with E-state index in [4.69, 9.17) is 0 Å². The van der Waals surface area contributed by atoms with Gasteiger partial charge in [0.05, 0.1) is 0 Å². The van der Waals surface area contributed by atoms with Gasteiger partial charge in [0.25, 0.3) is 0 Å². The minimum atomic E-state index is -0.225. The van der Waals surface area contributed by atoms with Gasteiger partial charge in [0.15, 0.2) is 5.01 Å². The Kier molecular flexibility index (Phi) is 5.61. The number of nitrogens with zero attached hydrogens (tertiary/aromatic N) is 2. The largest absolute Gasteiger partial charge is 0.317 e. The molecule has 0 aliphatic rings. The number of aryl methyl sites for hydroxylation is 2. The van der Waals surface area contributed by atoms with Crippen LogP contribution in [0, 0.1) is 12.7 Å². The second kappa shape index (κ2) is 7.45. The monoisotopic (exact) mass is 293 g/mol. The van der Waals surface area contributed by atoms with Crippen molar-refractivity contribution < 1.29 is 4.39 Å². The van der Waals surface area contributed by atoms with Crippen LogP contribution in [-0.2, 0) is 6.42 Å². The predicted molar refractivity (Wildman–Crippen MR) is 81.5 cm³/mol. The van der Waals surface area contributed by atoms with E-state index < -0.39 is 0 Å². The third-order valence-corrected chi connectivity index (χ3v) is 4.01. The lowest BCUT2D eigenvalue weighted by molar-refractivity contribution is 0.629. The zero-order valence-corrected chi connectivity index (χ0v) is 12.8. The van der Waals surface area contributed by atoms with Gasteiger partial charge in [-0.25, -0.2) is 4.39 Å². The van der Waals surface area contributed by atoms with Crippen molar-refractivity contribution >= 4 is 11.3 Å². The Morgan fingerprint density at radius 1 is 1.25 bits per heavy atom. The Morgan fingerprint density at radius 2 is 2.10 bits per heavy atom. The van der Waals surface area contributed by atoms with Gasteiger partial charge in [-0.1, -0.05) is 24.3 Å². The standard InChI is InChI=1S/C15H20FN3S/c1-3-8-17-9-4-5-14-18-19-15(20-14)12-7-6-11(2)10-13(12)16/h6-7,10,17H,3-5,8-9H2,1-2H3. The maximum Gasteiger partial charge on any atom is 0.150 e. The van der Waals surface area contributed by atoms with Crippen molar-refractivity contribution in [3.05, 3.63) is 34.6 Å². The number of aromatic nitrogens is 2. The van der Waals surface area contributed by atoms with Crippen LogP contribution in [0.25, 0.3) is 10.6 Å². The zero-order valence-electron chi connectivity index (χ0n) is 11.9. The first-order valence-corrected chi connectivity index (χ1v) is 7.82. The van der Waals surface area contributed by atoms with Crippen LogP contribution in [0.15, 0.2) is 18.2 Å². The molecular formula is C15H20FN3S. The Morgan fingerprint density at radius 3 is 2.85 bits per heavy atom. The molecule has 20 heavy (non-hydrogen) atoms. The zero-order chi connectivity index (χ0) is 14.4. The molecule has 108 valence electrons. The minimum Gasteiger partial charge on any atom is -0.317 e. The molecule has 0 bridgehead atoms. The van der Waals surface area contributed by atoms with E-state index in [2.05, 4.69) is 22.4 Å². The number of rotatable bonds is 7. The third kappa shape index (κ3) is 4.08. The molecule has 0 unspecified atom stereocenters. The fourth-order valence-corrected chi connectivity index (χ4v) is 2.83. The predicted octanol–water partition coefficient (Wildman–Crippen LogP) is 3.58. The number of halogens is 1. The molecule has 0 aliphatic carbocycles. The van der Waals surface area contributed by atoms with Crippen molar-refractivity contribution in [2.45, 2.75) is 33.1 Å². The van der Waals surface area contributed by atoms with E-state index in [1.165, 1.54) is 17.4 Å². The molecule has 3 nitrogen and oxygen atoms in total. The summed E-state index contributed by atoms with van der Waals surface area (Å²) in [5.74, 6) is -0.225. The molecule has 0 saturated heterocycles. The Hall–Kier alpha value is -1.33. The highest BCUT2D eigenvalue weighted by Crippen LogP contribution is 2.27. The average Bonchev–Trinajstić information content (AvgIpc) is 2.87. The van der Waals surface area contributed by atoms with Gasteiger partial charge in [0.1, 0.15) is 10.8 Å². The molecule has 2 aromatic rings. The summed E-state index contributed by atoms with van der Waals surface area (Å²) in [7, 11) is 0. The van der Waals surface area contributed by atoms with Gasteiger partial charge in [-0.05, 0) is 50.6 Å². The van der Waals surface area contributed by atoms with Gasteiger partial charge in [-0.2, -0.15) is 0 Å². The van der Waals surface area contributed by atoms with E-state index in [-0.39, 0.29) is 5.82 Å². The summed E-state index contributed by atoms with van der Waals surface area (Å²) in [5, 5.41) is 13.2. The Labute approximate surface area is 123 Å². The second-order valence-corrected chi connectivity index (χ2v) is 5.90. The van der Waals surface area contributed by atoms with Gasteiger partial charge < -0.3 is 5.32 Å². The highest BCUT2D eigenvalue weighted by molar-refractivity contribution is 7.14. The summed E-state index contributed by atoms with van der Waals surface area (Å²) < 4.78 is 13.9. The number of nitrogens with one attached hydrogen (secondary N) is 1. The molecule has 0 amide bonds. The Balaban J connectivity index is 1.95. The fraction of sp³-hybridized carbons (Fsp3) is 0.467. The first kappa shape index (κ1) is 15.1. The quantitative estimate of drug-likeness (QED) is 0.793. The maximum absolute atomic E-state index is 13.9. The third-order valence-electron chi connectivity index (χ3n) is 2.99. The average molecular weight is 293 g/mol. The van der Waals surface area contributed by atoms with Crippen LogP contribution in [0.2, 0.25) is 0 Å². The molecule has 0 fully saturated rings. The van der Waals surface area contributed by atoms with Crippen molar-refractivity contribution in [3.63, 3.8) is 0 Å². The first-order valence-electron chi connectivity index (χ1n) is 7.00. The van der Waals surface area contributed by atoms with Crippen LogP contribution in [0.5, 0.6) is 0 Å². The summed E-state index contributed by atoms with van der Waals surface area (Å²) in [6.45, 7) is 6.07. The topological polar surface area (TPSA) is 37.8 Å². The normalized spacial score (nSPS) is 10.9. The molecule has 0 aliphatic heterocycles. The van der Waals surface area contributed by atoms with Crippen LogP contribution in [-0.4, -0.2) is 23.3 Å². The number of hydrogen-bond donors (Lipinski definition) is 1. The van der Waals surface area contributed by atoms with Crippen LogP contribution in [0.3, 0.4) is 0 Å². The first-order chi connectivity index (χ1) is 9.70. The van der Waals surface area contributed by atoms with Crippen molar-refractivity contribution in [3.8, 4) is 10.6 Å². The van der Waals surface area contributed by atoms with Crippen LogP contribution < -0.4 is 5.32 Å². The van der Waals surface area contributed by atoms with Gasteiger partial charge >= 0.3 is 0 Å². The second-order valence-electron chi connectivity index (χ2n) is 4.84. The lowest BCUT2D eigenvalue weighted by Gasteiger charge is -2.00. The smallest absolute Gasteiger partial charge is 0.150 e. The molecule has 0 atom stereocenters. The van der Waals surface area contributed by atoms with Gasteiger partial charge in [0.2, 0.25) is 0 Å². The van der Waals surface area contributed by atoms with E-state index in [0.29, 0.717) is 10.6 Å². The molecule has 0 saturated carbocycles. The molecule has 2 rings (SSSR count). The van der Waals surface area contributed by atoms with Gasteiger partial charge in [-0.3, -0.25) is 0 Å². The summed E-state index contributed by atoms with van der Waals surface area (Å²) in [6.07, 6.45) is 3.07. The Bertz CT molecular complexity index is 554. The molecule has 1 aromatic carbocycles. The van der Waals surface area contributed by atoms with E-state index >= 15 is 0 Å². The molecule has 5 heteroatoms. The maximum atomic E-state index is 13.9. The lowest BCUT2D eigenvalue weighted by Crippen LogP contribution is -2.16. The number of benzene rings is 1. The van der Waals surface area contributed by atoms with Gasteiger partial charge in [0, 0.05) is 12.0 Å². The summed E-state index contributed by atoms with van der Waals surface area (Å²) in [6, 6.07) is 5.21. The SMILES string of the molecule is CCCNCCCc1nnc(-c2ccc(C)cc2F)s1. The van der Waals surface area contributed by atoms with E-state index in [1.54, 1.807) is 6.07 Å². The minimum absolute atomic E-state index is 0.225. The van der Waals surface area contributed by atoms with Crippen molar-refractivity contribution in [2.75, 3.05) is 13.1 Å². The highest BCUT2D eigenvalue weighted by atomic mass is 32.1. The summed E-state index contributed by atoms with van der Waals surface area (Å²) in [5.41, 5.74) is 1.46. The van der Waals surface area contributed by atoms with Crippen molar-refractivity contribution in [1.82, 2.24) is 15.5 Å². The van der Waals surface area contributed by atoms with E-state index in [0.717, 1.165) is 42.9 Å². The highest BCUT2D eigenvalue weighted by Gasteiger charge is 2.11. The van der Waals surface area contributed by atoms with Gasteiger partial charge in [-0.15, -0.1) is 10.2 Å². The molecular weight excluding hydrogens is 273 g/mol. The fourth-order valence-electron chi connectivity index (χ4n) is 1.92. The number of hydrogen-bond acceptors (Lipinski definition) is 4. The van der Waals surface area contributed by atoms with E-state index in [9.17, 15) is 4.39 Å². The van der Waals surface area contributed by atoms with Crippen LogP contribution in [0.1, 0.15) is 30.3 Å². The summed E-state index contributed by atoms with van der Waals surface area (Å²) >= 11 is 1.48. The van der Waals surface area contributed by atoms with E-state index in [1.807, 2.05) is 13.0 Å². The molecule has 0 radical (unpaired) electrons. The molecule has 1 N–H and O–H groups in total. The van der Waals surface area contributed by atoms with Crippen molar-refractivity contribution in [2.24, 2.45) is 0 Å². The van der Waals surface area contributed by atoms with Crippen LogP contribution in [0.4, 0.5) is 4.39 Å². The molecule has 1 aromatic heterocycles. The lowest BCUT2D eigenvalue weighted by atomic mass is 10.1. The summed E-state index contributed by atoms with van der Waals surface area (Å²) in [4.78, 5) is 0. The molecule has 1 heterocycles. The molecule has 0 spiro atoms. The van der Waals surface area contributed by atoms with Crippen LogP contribution >= 0.6 is 11.3 Å². The van der Waals surface area contributed by atoms with Crippen molar-refractivity contribution in [1.29, 1.82) is 0 Å².